The van der Waals surface area contributed by atoms with Gasteiger partial charge in [-0.3, -0.25) is 0 Å². The number of rotatable bonds is 6. The fourth-order valence-electron chi connectivity index (χ4n) is 1.38. The first-order valence-electron chi connectivity index (χ1n) is 5.38. The second-order valence-corrected chi connectivity index (χ2v) is 3.94. The van der Waals surface area contributed by atoms with Crippen LogP contribution in [-0.4, -0.2) is 19.9 Å². The van der Waals surface area contributed by atoms with E-state index in [9.17, 15) is 13.2 Å². The molecule has 1 aromatic carbocycles. The fraction of sp³-hybridized carbons (Fsp3) is 0.500. The summed E-state index contributed by atoms with van der Waals surface area (Å²) in [6.07, 6.45) is -5.06. The highest BCUT2D eigenvalue weighted by molar-refractivity contribution is 6.17. The van der Waals surface area contributed by atoms with Crippen LogP contribution in [0.3, 0.4) is 0 Å². The zero-order valence-electron chi connectivity index (χ0n) is 9.89. The maximum atomic E-state index is 11.9. The summed E-state index contributed by atoms with van der Waals surface area (Å²) >= 11 is 5.73. The average Bonchev–Trinajstić information content (AvgIpc) is 2.33. The van der Waals surface area contributed by atoms with Crippen LogP contribution < -0.4 is 9.47 Å². The van der Waals surface area contributed by atoms with Gasteiger partial charge in [-0.05, 0) is 24.6 Å². The lowest BCUT2D eigenvalue weighted by atomic mass is 10.2. The number of halogens is 4. The van der Waals surface area contributed by atoms with Crippen LogP contribution in [-0.2, 0) is 5.88 Å². The van der Waals surface area contributed by atoms with Gasteiger partial charge in [0.25, 0.3) is 0 Å². The maximum Gasteiger partial charge on any atom is 0.389 e. The molecule has 0 aliphatic heterocycles. The van der Waals surface area contributed by atoms with E-state index >= 15 is 0 Å². The minimum absolute atomic E-state index is 0.00965. The summed E-state index contributed by atoms with van der Waals surface area (Å²) in [4.78, 5) is 0. The van der Waals surface area contributed by atoms with Gasteiger partial charge in [-0.2, -0.15) is 13.2 Å². The third kappa shape index (κ3) is 5.04. The predicted octanol–water partition coefficient (Wildman–Crippen LogP) is 4.16. The van der Waals surface area contributed by atoms with Gasteiger partial charge in [0.15, 0.2) is 0 Å². The number of alkyl halides is 4. The van der Waals surface area contributed by atoms with Crippen LogP contribution in [0, 0.1) is 0 Å². The SMILES string of the molecule is COc1ccc(OCCCC(F)(F)F)c(CCl)c1. The minimum Gasteiger partial charge on any atom is -0.497 e. The monoisotopic (exact) mass is 282 g/mol. The molecule has 0 aliphatic rings. The van der Waals surface area contributed by atoms with Gasteiger partial charge < -0.3 is 9.47 Å². The van der Waals surface area contributed by atoms with E-state index in [1.165, 1.54) is 7.11 Å². The fourth-order valence-corrected chi connectivity index (χ4v) is 1.59. The Bertz CT molecular complexity index is 380. The van der Waals surface area contributed by atoms with Crippen molar-refractivity contribution in [3.63, 3.8) is 0 Å². The quantitative estimate of drug-likeness (QED) is 0.576. The second-order valence-electron chi connectivity index (χ2n) is 3.67. The first-order valence-corrected chi connectivity index (χ1v) is 5.92. The topological polar surface area (TPSA) is 18.5 Å². The van der Waals surface area contributed by atoms with E-state index in [-0.39, 0.29) is 18.9 Å². The number of ether oxygens (including phenoxy) is 2. The number of methoxy groups -OCH3 is 1. The Morgan fingerprint density at radius 1 is 1.28 bits per heavy atom. The highest BCUT2D eigenvalue weighted by Gasteiger charge is 2.26. The van der Waals surface area contributed by atoms with E-state index in [4.69, 9.17) is 21.1 Å². The lowest BCUT2D eigenvalue weighted by molar-refractivity contribution is -0.136. The Kier molecular flexibility index (Phi) is 5.59. The first-order chi connectivity index (χ1) is 8.46. The van der Waals surface area contributed by atoms with Crippen LogP contribution >= 0.6 is 11.6 Å². The molecule has 0 aromatic heterocycles. The number of benzene rings is 1. The van der Waals surface area contributed by atoms with Crippen LogP contribution in [0.1, 0.15) is 18.4 Å². The lowest BCUT2D eigenvalue weighted by Gasteiger charge is -2.12. The van der Waals surface area contributed by atoms with Gasteiger partial charge in [0, 0.05) is 12.0 Å². The molecule has 2 nitrogen and oxygen atoms in total. The molecule has 0 aliphatic carbocycles. The number of hydrogen-bond donors (Lipinski definition) is 0. The third-order valence-corrected chi connectivity index (χ3v) is 2.56. The molecule has 0 unspecified atom stereocenters. The molecule has 1 aromatic rings. The van der Waals surface area contributed by atoms with E-state index in [2.05, 4.69) is 0 Å². The molecule has 0 spiro atoms. The largest absolute Gasteiger partial charge is 0.497 e. The lowest BCUT2D eigenvalue weighted by Crippen LogP contribution is -2.10. The van der Waals surface area contributed by atoms with E-state index < -0.39 is 12.6 Å². The minimum atomic E-state index is -4.14. The van der Waals surface area contributed by atoms with Crippen LogP contribution in [0.4, 0.5) is 13.2 Å². The van der Waals surface area contributed by atoms with Crippen molar-refractivity contribution >= 4 is 11.6 Å². The summed E-state index contributed by atoms with van der Waals surface area (Å²) in [5.74, 6) is 1.34. The van der Waals surface area contributed by atoms with Crippen molar-refractivity contribution in [3.05, 3.63) is 23.8 Å². The zero-order valence-corrected chi connectivity index (χ0v) is 10.6. The van der Waals surface area contributed by atoms with Crippen molar-refractivity contribution in [3.8, 4) is 11.5 Å². The van der Waals surface area contributed by atoms with Gasteiger partial charge >= 0.3 is 6.18 Å². The zero-order chi connectivity index (χ0) is 13.6. The van der Waals surface area contributed by atoms with Crippen LogP contribution in [0.2, 0.25) is 0 Å². The van der Waals surface area contributed by atoms with Crippen LogP contribution in [0.5, 0.6) is 11.5 Å². The van der Waals surface area contributed by atoms with Gasteiger partial charge in [-0.15, -0.1) is 11.6 Å². The van der Waals surface area contributed by atoms with Gasteiger partial charge in [-0.25, -0.2) is 0 Å². The molecule has 6 heteroatoms. The Labute approximate surface area is 109 Å². The van der Waals surface area contributed by atoms with E-state index in [1.54, 1.807) is 18.2 Å². The van der Waals surface area contributed by atoms with E-state index in [0.717, 1.165) is 0 Å². The van der Waals surface area contributed by atoms with Gasteiger partial charge in [0.05, 0.1) is 19.6 Å². The summed E-state index contributed by atoms with van der Waals surface area (Å²) in [5.41, 5.74) is 0.697. The molecule has 1 rings (SSSR count). The van der Waals surface area contributed by atoms with Crippen molar-refractivity contribution < 1.29 is 22.6 Å². The van der Waals surface area contributed by atoms with Gasteiger partial charge in [0.2, 0.25) is 0 Å². The smallest absolute Gasteiger partial charge is 0.389 e. The van der Waals surface area contributed by atoms with E-state index in [1.807, 2.05) is 0 Å². The summed E-state index contributed by atoms with van der Waals surface area (Å²) in [7, 11) is 1.53. The molecular weight excluding hydrogens is 269 g/mol. The summed E-state index contributed by atoms with van der Waals surface area (Å²) in [6.45, 7) is 0.00965. The molecule has 0 N–H and O–H groups in total. The summed E-state index contributed by atoms with van der Waals surface area (Å²) in [5, 5.41) is 0. The second kappa shape index (κ2) is 6.73. The molecule has 0 saturated carbocycles. The van der Waals surface area contributed by atoms with Crippen LogP contribution in [0.15, 0.2) is 18.2 Å². The molecule has 0 heterocycles. The molecule has 0 atom stereocenters. The van der Waals surface area contributed by atoms with Gasteiger partial charge in [-0.1, -0.05) is 0 Å². The van der Waals surface area contributed by atoms with Crippen molar-refractivity contribution in [2.75, 3.05) is 13.7 Å². The molecule has 0 amide bonds. The summed E-state index contributed by atoms with van der Waals surface area (Å²) < 4.78 is 46.1. The maximum absolute atomic E-state index is 11.9. The van der Waals surface area contributed by atoms with E-state index in [0.29, 0.717) is 17.1 Å². The average molecular weight is 283 g/mol. The molecule has 18 heavy (non-hydrogen) atoms. The Hall–Kier alpha value is -1.10. The van der Waals surface area contributed by atoms with Crippen molar-refractivity contribution in [2.45, 2.75) is 24.9 Å². The highest BCUT2D eigenvalue weighted by Crippen LogP contribution is 2.26. The van der Waals surface area contributed by atoms with Gasteiger partial charge in [0.1, 0.15) is 11.5 Å². The number of hydrogen-bond acceptors (Lipinski definition) is 2. The predicted molar refractivity (Wildman–Crippen MR) is 63.3 cm³/mol. The van der Waals surface area contributed by atoms with Crippen molar-refractivity contribution in [1.82, 2.24) is 0 Å². The molecule has 0 radical (unpaired) electrons. The molecular formula is C12H14ClF3O2. The standard InChI is InChI=1S/C12H14ClF3O2/c1-17-10-3-4-11(9(7-10)8-13)18-6-2-5-12(14,15)16/h3-4,7H,2,5-6,8H2,1H3. The van der Waals surface area contributed by atoms with Crippen molar-refractivity contribution in [2.24, 2.45) is 0 Å². The Morgan fingerprint density at radius 2 is 2.00 bits per heavy atom. The molecule has 0 fully saturated rings. The molecule has 102 valence electrons. The third-order valence-electron chi connectivity index (χ3n) is 2.27. The van der Waals surface area contributed by atoms with Crippen molar-refractivity contribution in [1.29, 1.82) is 0 Å². The highest BCUT2D eigenvalue weighted by atomic mass is 35.5. The van der Waals surface area contributed by atoms with Crippen LogP contribution in [0.25, 0.3) is 0 Å². The first kappa shape index (κ1) is 15.0. The molecule has 0 bridgehead atoms. The molecule has 0 saturated heterocycles. The summed E-state index contributed by atoms with van der Waals surface area (Å²) in [6, 6.07) is 5.02. The normalized spacial score (nSPS) is 11.4. The Balaban J connectivity index is 2.51. The Morgan fingerprint density at radius 3 is 2.56 bits per heavy atom.